The van der Waals surface area contributed by atoms with Crippen LogP contribution in [0.1, 0.15) is 24.8 Å². The van der Waals surface area contributed by atoms with Crippen molar-refractivity contribution in [3.63, 3.8) is 0 Å². The number of amides is 2. The molecule has 2 saturated carbocycles. The number of nitrogens with two attached hydrogens (primary N) is 1. The zero-order valence-electron chi connectivity index (χ0n) is 13.2. The highest BCUT2D eigenvalue weighted by atomic mass is 32.2. The van der Waals surface area contributed by atoms with E-state index in [-0.39, 0.29) is 6.42 Å². The van der Waals surface area contributed by atoms with Crippen LogP contribution in [-0.4, -0.2) is 25.0 Å². The molecule has 0 bridgehead atoms. The first-order valence-electron chi connectivity index (χ1n) is 7.81. The maximum Gasteiger partial charge on any atom is 0.249 e. The van der Waals surface area contributed by atoms with Crippen LogP contribution in [-0.2, 0) is 26.0 Å². The van der Waals surface area contributed by atoms with Gasteiger partial charge in [0.1, 0.15) is 5.41 Å². The van der Waals surface area contributed by atoms with Gasteiger partial charge in [-0.25, -0.2) is 8.42 Å². The van der Waals surface area contributed by atoms with E-state index in [9.17, 15) is 18.0 Å². The molecular formula is C17H20N2O4S. The predicted molar refractivity (Wildman–Crippen MR) is 89.1 cm³/mol. The fourth-order valence-electron chi connectivity index (χ4n) is 3.20. The monoisotopic (exact) mass is 348 g/mol. The Hall–Kier alpha value is -2.15. The van der Waals surface area contributed by atoms with Crippen molar-refractivity contribution in [3.8, 4) is 0 Å². The van der Waals surface area contributed by atoms with E-state index < -0.39 is 37.9 Å². The van der Waals surface area contributed by atoms with Gasteiger partial charge in [0, 0.05) is 5.92 Å². The summed E-state index contributed by atoms with van der Waals surface area (Å²) in [6.45, 7) is 3.56. The standard InChI is InChI=1S/C17H20N2O4S/c1-2-13-11-17(13,14(18)20)15(21)19-24(22,23)16(8-9-16)10-12-6-4-3-5-7-12/h2-7,13H,1,8-11H2,(H2,18,20)(H,19,21). The normalized spacial score (nSPS) is 27.1. The fraction of sp³-hybridized carbons (Fsp3) is 0.412. The zero-order chi connectivity index (χ0) is 17.6. The van der Waals surface area contributed by atoms with Crippen LogP contribution in [0.3, 0.4) is 0 Å². The number of hydrogen-bond acceptors (Lipinski definition) is 4. The van der Waals surface area contributed by atoms with Gasteiger partial charge in [0.05, 0.1) is 4.75 Å². The van der Waals surface area contributed by atoms with E-state index in [0.29, 0.717) is 19.3 Å². The zero-order valence-corrected chi connectivity index (χ0v) is 14.0. The molecule has 3 N–H and O–H groups in total. The maximum absolute atomic E-state index is 12.7. The van der Waals surface area contributed by atoms with Crippen molar-refractivity contribution in [2.24, 2.45) is 17.1 Å². The van der Waals surface area contributed by atoms with Crippen molar-refractivity contribution < 1.29 is 18.0 Å². The van der Waals surface area contributed by atoms with E-state index >= 15 is 0 Å². The van der Waals surface area contributed by atoms with Crippen molar-refractivity contribution in [3.05, 3.63) is 48.6 Å². The summed E-state index contributed by atoms with van der Waals surface area (Å²) in [5.74, 6) is -2.05. The third-order valence-corrected chi connectivity index (χ3v) is 7.26. The summed E-state index contributed by atoms with van der Waals surface area (Å²) in [7, 11) is -3.90. The van der Waals surface area contributed by atoms with Crippen molar-refractivity contribution in [1.29, 1.82) is 0 Å². The highest BCUT2D eigenvalue weighted by molar-refractivity contribution is 7.91. The number of benzene rings is 1. The number of rotatable bonds is 7. The van der Waals surface area contributed by atoms with Crippen molar-refractivity contribution >= 4 is 21.8 Å². The molecule has 0 radical (unpaired) electrons. The number of hydrogen-bond donors (Lipinski definition) is 2. The van der Waals surface area contributed by atoms with E-state index in [4.69, 9.17) is 5.73 Å². The highest BCUT2D eigenvalue weighted by Gasteiger charge is 2.65. The summed E-state index contributed by atoms with van der Waals surface area (Å²) >= 11 is 0. The van der Waals surface area contributed by atoms with Gasteiger partial charge in [0.15, 0.2) is 0 Å². The molecule has 2 atom stereocenters. The Bertz CT molecular complexity index is 799. The number of allylic oxidation sites excluding steroid dienone is 1. The molecule has 2 fully saturated rings. The number of primary amides is 1. The van der Waals surface area contributed by atoms with Crippen LogP contribution in [0.5, 0.6) is 0 Å². The second-order valence-electron chi connectivity index (χ2n) is 6.66. The summed E-state index contributed by atoms with van der Waals surface area (Å²) < 4.78 is 26.6. The van der Waals surface area contributed by atoms with Gasteiger partial charge < -0.3 is 5.73 Å². The minimum atomic E-state index is -3.90. The molecule has 0 aromatic heterocycles. The predicted octanol–water partition coefficient (Wildman–Crippen LogP) is 0.885. The lowest BCUT2D eigenvalue weighted by molar-refractivity contribution is -0.134. The lowest BCUT2D eigenvalue weighted by Gasteiger charge is -2.19. The molecule has 6 nitrogen and oxygen atoms in total. The second-order valence-corrected chi connectivity index (χ2v) is 8.74. The van der Waals surface area contributed by atoms with Crippen LogP contribution < -0.4 is 10.5 Å². The van der Waals surface area contributed by atoms with Gasteiger partial charge in [-0.2, -0.15) is 0 Å². The van der Waals surface area contributed by atoms with Gasteiger partial charge in [-0.15, -0.1) is 6.58 Å². The van der Waals surface area contributed by atoms with E-state index in [2.05, 4.69) is 11.3 Å². The van der Waals surface area contributed by atoms with Gasteiger partial charge in [0.25, 0.3) is 0 Å². The molecule has 24 heavy (non-hydrogen) atoms. The van der Waals surface area contributed by atoms with E-state index in [0.717, 1.165) is 5.56 Å². The second kappa shape index (κ2) is 5.44. The first kappa shape index (κ1) is 16.7. The van der Waals surface area contributed by atoms with Crippen LogP contribution in [0.25, 0.3) is 0 Å². The summed E-state index contributed by atoms with van der Waals surface area (Å²) in [4.78, 5) is 24.1. The van der Waals surface area contributed by atoms with Gasteiger partial charge >= 0.3 is 0 Å². The van der Waals surface area contributed by atoms with Crippen LogP contribution >= 0.6 is 0 Å². The molecule has 2 aliphatic carbocycles. The molecule has 0 spiro atoms. The van der Waals surface area contributed by atoms with Crippen LogP contribution in [0.2, 0.25) is 0 Å². The molecular weight excluding hydrogens is 328 g/mol. The quantitative estimate of drug-likeness (QED) is 0.563. The summed E-state index contributed by atoms with van der Waals surface area (Å²) in [5.41, 5.74) is 4.75. The fourth-order valence-corrected chi connectivity index (χ4v) is 4.84. The Balaban J connectivity index is 1.78. The molecule has 1 aromatic carbocycles. The van der Waals surface area contributed by atoms with Gasteiger partial charge in [-0.05, 0) is 31.2 Å². The van der Waals surface area contributed by atoms with E-state index in [1.165, 1.54) is 6.08 Å². The van der Waals surface area contributed by atoms with E-state index in [1.807, 2.05) is 30.3 Å². The van der Waals surface area contributed by atoms with E-state index in [1.54, 1.807) is 0 Å². The van der Waals surface area contributed by atoms with Crippen molar-refractivity contribution in [1.82, 2.24) is 4.72 Å². The van der Waals surface area contributed by atoms with Crippen LogP contribution in [0.4, 0.5) is 0 Å². The highest BCUT2D eigenvalue weighted by Crippen LogP contribution is 2.54. The van der Waals surface area contributed by atoms with Crippen LogP contribution in [0.15, 0.2) is 43.0 Å². The topological polar surface area (TPSA) is 106 Å². The first-order valence-corrected chi connectivity index (χ1v) is 9.29. The molecule has 2 aliphatic rings. The summed E-state index contributed by atoms with van der Waals surface area (Å²) in [5, 5.41) is 0. The van der Waals surface area contributed by atoms with Gasteiger partial charge in [-0.1, -0.05) is 36.4 Å². The Morgan fingerprint density at radius 2 is 1.92 bits per heavy atom. The Labute approximate surface area is 141 Å². The summed E-state index contributed by atoms with van der Waals surface area (Å²) in [6, 6.07) is 9.27. The van der Waals surface area contributed by atoms with Crippen LogP contribution in [0, 0.1) is 11.3 Å². The average Bonchev–Trinajstić information content (AvgIpc) is 3.42. The minimum Gasteiger partial charge on any atom is -0.369 e. The number of nitrogens with one attached hydrogen (secondary N) is 1. The Morgan fingerprint density at radius 3 is 2.38 bits per heavy atom. The third-order valence-electron chi connectivity index (χ3n) is 5.12. The minimum absolute atomic E-state index is 0.207. The molecule has 1 aromatic rings. The number of sulfonamides is 1. The Morgan fingerprint density at radius 1 is 1.29 bits per heavy atom. The lowest BCUT2D eigenvalue weighted by Crippen LogP contribution is -2.48. The molecule has 3 rings (SSSR count). The van der Waals surface area contributed by atoms with Gasteiger partial charge in [0.2, 0.25) is 21.8 Å². The Kier molecular flexibility index (Phi) is 3.79. The largest absolute Gasteiger partial charge is 0.369 e. The molecule has 0 aliphatic heterocycles. The molecule has 0 heterocycles. The summed E-state index contributed by atoms with van der Waals surface area (Å²) in [6.07, 6.45) is 2.98. The average molecular weight is 348 g/mol. The van der Waals surface area contributed by atoms with Crippen molar-refractivity contribution in [2.75, 3.05) is 0 Å². The number of carbonyl (C=O) groups excluding carboxylic acids is 2. The molecule has 128 valence electrons. The molecule has 0 saturated heterocycles. The van der Waals surface area contributed by atoms with Crippen molar-refractivity contribution in [2.45, 2.75) is 30.4 Å². The first-order chi connectivity index (χ1) is 11.3. The lowest BCUT2D eigenvalue weighted by atomic mass is 10.0. The maximum atomic E-state index is 12.7. The molecule has 7 heteroatoms. The smallest absolute Gasteiger partial charge is 0.249 e. The SMILES string of the molecule is C=CC1CC1(C(N)=O)C(=O)NS(=O)(=O)C1(Cc2ccccc2)CC1. The number of carbonyl (C=O) groups is 2. The third kappa shape index (κ3) is 2.53. The van der Waals surface area contributed by atoms with Gasteiger partial charge in [-0.3, -0.25) is 14.3 Å². The molecule has 2 unspecified atom stereocenters. The molecule has 2 amide bonds.